The molecule has 0 N–H and O–H groups in total. The lowest BCUT2D eigenvalue weighted by molar-refractivity contribution is -0.927. The van der Waals surface area contributed by atoms with E-state index in [1.165, 1.54) is 70.0 Å². The van der Waals surface area contributed by atoms with Crippen molar-refractivity contribution in [3.8, 4) is 12.3 Å². The second-order valence-electron chi connectivity index (χ2n) is 7.35. The standard InChI is InChI=1S/C23H36ClIN/c1-4-7-9-13-18-26(23(25)6-3,19-14-10-8-5-2)20-17-21-15-11-12-16-22(21)24/h3,11-12,15-16,23H,4-5,7-10,13-14,17-20H2,1-2H3/q+1. The van der Waals surface area contributed by atoms with Gasteiger partial charge in [0, 0.05) is 34.0 Å². The van der Waals surface area contributed by atoms with Crippen molar-refractivity contribution >= 4 is 34.2 Å². The molecule has 0 aromatic heterocycles. The van der Waals surface area contributed by atoms with E-state index in [2.05, 4.69) is 54.5 Å². The van der Waals surface area contributed by atoms with Crippen molar-refractivity contribution in [2.24, 2.45) is 0 Å². The molecule has 3 heteroatoms. The van der Waals surface area contributed by atoms with Crippen molar-refractivity contribution in [2.75, 3.05) is 19.6 Å². The third-order valence-corrected chi connectivity index (χ3v) is 7.23. The zero-order valence-corrected chi connectivity index (χ0v) is 19.6. The summed E-state index contributed by atoms with van der Waals surface area (Å²) >= 11 is 8.91. The number of alkyl halides is 1. The highest BCUT2D eigenvalue weighted by Gasteiger charge is 2.33. The van der Waals surface area contributed by atoms with E-state index in [-0.39, 0.29) is 4.05 Å². The Balaban J connectivity index is 2.86. The summed E-state index contributed by atoms with van der Waals surface area (Å²) in [5, 5.41) is 0.883. The van der Waals surface area contributed by atoms with Crippen LogP contribution in [-0.2, 0) is 6.42 Å². The molecule has 0 saturated heterocycles. The van der Waals surface area contributed by atoms with E-state index < -0.39 is 0 Å². The van der Waals surface area contributed by atoms with Crippen LogP contribution in [0.5, 0.6) is 0 Å². The van der Waals surface area contributed by atoms with Crippen LogP contribution in [0.1, 0.15) is 70.8 Å². The minimum absolute atomic E-state index is 0.235. The number of benzene rings is 1. The first kappa shape index (κ1) is 23.8. The van der Waals surface area contributed by atoms with Crippen LogP contribution in [0.15, 0.2) is 24.3 Å². The molecular formula is C23H36ClIN+. The van der Waals surface area contributed by atoms with Gasteiger partial charge in [0.05, 0.1) is 19.6 Å². The molecule has 1 aromatic carbocycles. The topological polar surface area (TPSA) is 0 Å². The maximum atomic E-state index is 6.41. The average Bonchev–Trinajstić information content (AvgIpc) is 2.66. The molecule has 146 valence electrons. The lowest BCUT2D eigenvalue weighted by atomic mass is 10.1. The maximum Gasteiger partial charge on any atom is 0.200 e. The molecule has 0 aliphatic rings. The molecule has 26 heavy (non-hydrogen) atoms. The van der Waals surface area contributed by atoms with Gasteiger partial charge < -0.3 is 4.48 Å². The van der Waals surface area contributed by atoms with Crippen molar-refractivity contribution in [3.63, 3.8) is 0 Å². The van der Waals surface area contributed by atoms with Gasteiger partial charge in [0.2, 0.25) is 4.05 Å². The summed E-state index contributed by atoms with van der Waals surface area (Å²) in [6.45, 7) is 8.00. The number of rotatable bonds is 14. The minimum Gasteiger partial charge on any atom is -0.303 e. The summed E-state index contributed by atoms with van der Waals surface area (Å²) < 4.78 is 1.27. The normalized spacial score (nSPS) is 12.7. The van der Waals surface area contributed by atoms with E-state index in [0.717, 1.165) is 22.5 Å². The Bertz CT molecular complexity index is 525. The van der Waals surface area contributed by atoms with Gasteiger partial charge in [-0.25, -0.2) is 0 Å². The number of unbranched alkanes of at least 4 members (excludes halogenated alkanes) is 6. The summed E-state index contributed by atoms with van der Waals surface area (Å²) in [5.41, 5.74) is 1.25. The molecule has 0 amide bonds. The van der Waals surface area contributed by atoms with E-state index in [1.54, 1.807) is 0 Å². The van der Waals surface area contributed by atoms with E-state index in [4.69, 9.17) is 18.0 Å². The highest BCUT2D eigenvalue weighted by atomic mass is 127. The fourth-order valence-electron chi connectivity index (χ4n) is 3.58. The fourth-order valence-corrected chi connectivity index (χ4v) is 4.65. The third-order valence-electron chi connectivity index (χ3n) is 5.32. The second kappa shape index (κ2) is 13.9. The lowest BCUT2D eigenvalue weighted by Crippen LogP contribution is -2.54. The van der Waals surface area contributed by atoms with Crippen molar-refractivity contribution in [1.82, 2.24) is 0 Å². The van der Waals surface area contributed by atoms with Crippen molar-refractivity contribution in [3.05, 3.63) is 34.9 Å². The van der Waals surface area contributed by atoms with Gasteiger partial charge in [-0.2, -0.15) is 0 Å². The first-order chi connectivity index (χ1) is 12.6. The van der Waals surface area contributed by atoms with Gasteiger partial charge in [-0.05, 0) is 43.2 Å². The first-order valence-electron chi connectivity index (χ1n) is 10.3. The van der Waals surface area contributed by atoms with Crippen LogP contribution >= 0.6 is 34.2 Å². The third kappa shape index (κ3) is 8.19. The van der Waals surface area contributed by atoms with Crippen molar-refractivity contribution in [2.45, 2.75) is 75.7 Å². The number of terminal acetylenes is 1. The van der Waals surface area contributed by atoms with E-state index in [1.807, 2.05) is 12.1 Å². The quantitative estimate of drug-likeness (QED) is 0.0646. The maximum absolute atomic E-state index is 6.41. The largest absolute Gasteiger partial charge is 0.303 e. The smallest absolute Gasteiger partial charge is 0.200 e. The Morgan fingerprint density at radius 3 is 2.04 bits per heavy atom. The zero-order chi connectivity index (χ0) is 19.3. The molecular weight excluding hydrogens is 453 g/mol. The molecule has 0 heterocycles. The predicted octanol–water partition coefficient (Wildman–Crippen LogP) is 7.25. The van der Waals surface area contributed by atoms with E-state index in [9.17, 15) is 0 Å². The summed E-state index contributed by atoms with van der Waals surface area (Å²) in [4.78, 5) is 0. The molecule has 1 rings (SSSR count). The number of nitrogens with zero attached hydrogens (tertiary/aromatic N) is 1. The Kier molecular flexibility index (Phi) is 12.7. The van der Waals surface area contributed by atoms with Crippen LogP contribution in [0.2, 0.25) is 5.02 Å². The van der Waals surface area contributed by atoms with Crippen LogP contribution in [0.25, 0.3) is 0 Å². The van der Waals surface area contributed by atoms with E-state index in [0.29, 0.717) is 0 Å². The van der Waals surface area contributed by atoms with Gasteiger partial charge in [0.15, 0.2) is 0 Å². The van der Waals surface area contributed by atoms with Crippen LogP contribution in [-0.4, -0.2) is 28.2 Å². The predicted molar refractivity (Wildman–Crippen MR) is 125 cm³/mol. The van der Waals surface area contributed by atoms with Gasteiger partial charge in [0.1, 0.15) is 0 Å². The van der Waals surface area contributed by atoms with Crippen LogP contribution in [0.4, 0.5) is 0 Å². The number of quaternary nitrogens is 1. The van der Waals surface area contributed by atoms with Crippen molar-refractivity contribution in [1.29, 1.82) is 0 Å². The minimum atomic E-state index is 0.235. The second-order valence-corrected chi connectivity index (χ2v) is 8.94. The molecule has 0 bridgehead atoms. The van der Waals surface area contributed by atoms with Crippen LogP contribution in [0.3, 0.4) is 0 Å². The molecule has 0 aliphatic heterocycles. The average molecular weight is 489 g/mol. The number of halogens is 2. The van der Waals surface area contributed by atoms with Crippen LogP contribution in [0, 0.1) is 12.3 Å². The molecule has 0 saturated carbocycles. The summed E-state index contributed by atoms with van der Waals surface area (Å²) in [6.07, 6.45) is 17.3. The molecule has 1 unspecified atom stereocenters. The fraction of sp³-hybridized carbons (Fsp3) is 0.652. The SMILES string of the molecule is C#CC(I)[N+](CCCCCC)(CCCCCC)CCc1ccccc1Cl. The molecule has 1 aromatic rings. The van der Waals surface area contributed by atoms with Gasteiger partial charge in [0.25, 0.3) is 0 Å². The molecule has 1 atom stereocenters. The molecule has 0 fully saturated rings. The Morgan fingerprint density at radius 2 is 1.54 bits per heavy atom. The Hall–Kier alpha value is -0.240. The van der Waals surface area contributed by atoms with E-state index >= 15 is 0 Å². The van der Waals surface area contributed by atoms with Gasteiger partial charge >= 0.3 is 0 Å². The van der Waals surface area contributed by atoms with Crippen LogP contribution < -0.4 is 0 Å². The highest BCUT2D eigenvalue weighted by molar-refractivity contribution is 14.1. The molecule has 0 aliphatic carbocycles. The summed E-state index contributed by atoms with van der Waals surface area (Å²) in [5.74, 6) is 3.06. The molecule has 1 nitrogen and oxygen atoms in total. The summed E-state index contributed by atoms with van der Waals surface area (Å²) in [7, 11) is 0. The summed E-state index contributed by atoms with van der Waals surface area (Å²) in [6, 6.07) is 8.24. The number of hydrogen-bond donors (Lipinski definition) is 0. The Morgan fingerprint density at radius 1 is 0.962 bits per heavy atom. The zero-order valence-electron chi connectivity index (χ0n) is 16.7. The van der Waals surface area contributed by atoms with Gasteiger partial charge in [-0.15, -0.1) is 6.42 Å². The molecule has 0 spiro atoms. The molecule has 0 radical (unpaired) electrons. The van der Waals surface area contributed by atoms with Gasteiger partial charge in [-0.3, -0.25) is 0 Å². The van der Waals surface area contributed by atoms with Gasteiger partial charge in [-0.1, -0.05) is 69.3 Å². The monoisotopic (exact) mass is 488 g/mol. The van der Waals surface area contributed by atoms with Crippen molar-refractivity contribution < 1.29 is 4.48 Å². The highest BCUT2D eigenvalue weighted by Crippen LogP contribution is 2.26. The lowest BCUT2D eigenvalue weighted by Gasteiger charge is -2.41. The first-order valence-corrected chi connectivity index (χ1v) is 11.9. The Labute approximate surface area is 180 Å². The number of hydrogen-bond acceptors (Lipinski definition) is 0.